The Morgan fingerprint density at radius 3 is 3.06 bits per heavy atom. The van der Waals surface area contributed by atoms with Gasteiger partial charge in [-0.15, -0.1) is 5.10 Å². The molecule has 0 aliphatic carbocycles. The number of nitrogens with zero attached hydrogens (tertiary/aromatic N) is 2. The zero-order valence-electron chi connectivity index (χ0n) is 9.30. The first-order valence-electron chi connectivity index (χ1n) is 4.96. The predicted octanol–water partition coefficient (Wildman–Crippen LogP) is 1.73. The highest BCUT2D eigenvalue weighted by Gasteiger charge is 2.10. The number of hydrogen-bond acceptors (Lipinski definition) is 5. The second-order valence-electron chi connectivity index (χ2n) is 3.36. The Hall–Kier alpha value is -1.30. The zero-order valence-corrected chi connectivity index (χ0v) is 10.1. The lowest BCUT2D eigenvalue weighted by atomic mass is 10.2. The summed E-state index contributed by atoms with van der Waals surface area (Å²) in [6, 6.07) is 1.44. The van der Waals surface area contributed by atoms with Gasteiger partial charge in [0.2, 0.25) is 0 Å². The molecule has 1 atom stereocenters. The minimum atomic E-state index is -0.990. The molecule has 1 rings (SSSR count). The van der Waals surface area contributed by atoms with Gasteiger partial charge in [-0.05, 0) is 18.7 Å². The highest BCUT2D eigenvalue weighted by atomic mass is 32.2. The summed E-state index contributed by atoms with van der Waals surface area (Å²) in [7, 11) is 0. The van der Waals surface area contributed by atoms with Crippen LogP contribution in [0.15, 0.2) is 12.3 Å². The first-order valence-corrected chi connectivity index (χ1v) is 6.25. The molecule has 1 aromatic heterocycles. The van der Waals surface area contributed by atoms with Crippen LogP contribution in [-0.4, -0.2) is 39.3 Å². The van der Waals surface area contributed by atoms with E-state index in [1.807, 2.05) is 0 Å². The van der Waals surface area contributed by atoms with Crippen LogP contribution in [0.5, 0.6) is 0 Å². The van der Waals surface area contributed by atoms with Crippen molar-refractivity contribution >= 4 is 23.5 Å². The Kier molecular flexibility index (Phi) is 5.04. The molecule has 0 spiro atoms. The standard InChI is InChI=1S/C10H15N3O2S/c1-7(16-2)3-5-11-9-8(10(14)15)4-6-12-13-9/h4,6-7H,3,5H2,1-2H3,(H,11,13)(H,14,15). The van der Waals surface area contributed by atoms with E-state index in [1.165, 1.54) is 12.3 Å². The molecular weight excluding hydrogens is 226 g/mol. The third kappa shape index (κ3) is 3.69. The molecule has 0 bridgehead atoms. The van der Waals surface area contributed by atoms with Gasteiger partial charge in [0.25, 0.3) is 0 Å². The maximum atomic E-state index is 10.9. The Labute approximate surface area is 98.7 Å². The third-order valence-corrected chi connectivity index (χ3v) is 3.24. The van der Waals surface area contributed by atoms with Gasteiger partial charge in [-0.1, -0.05) is 6.92 Å². The number of carbonyl (C=O) groups is 1. The second-order valence-corrected chi connectivity index (χ2v) is 4.64. The van der Waals surface area contributed by atoms with E-state index in [2.05, 4.69) is 28.7 Å². The number of aromatic nitrogens is 2. The molecule has 2 N–H and O–H groups in total. The molecule has 0 fully saturated rings. The molecule has 5 nitrogen and oxygen atoms in total. The van der Waals surface area contributed by atoms with Crippen LogP contribution >= 0.6 is 11.8 Å². The lowest BCUT2D eigenvalue weighted by Gasteiger charge is -2.10. The molecule has 1 aromatic rings. The van der Waals surface area contributed by atoms with Crippen molar-refractivity contribution in [3.8, 4) is 0 Å². The maximum absolute atomic E-state index is 10.9. The van der Waals surface area contributed by atoms with E-state index in [0.29, 0.717) is 17.6 Å². The number of anilines is 1. The molecule has 88 valence electrons. The number of rotatable bonds is 6. The Morgan fingerprint density at radius 1 is 1.69 bits per heavy atom. The van der Waals surface area contributed by atoms with Crippen LogP contribution in [0.3, 0.4) is 0 Å². The van der Waals surface area contributed by atoms with Crippen LogP contribution in [0, 0.1) is 0 Å². The Morgan fingerprint density at radius 2 is 2.44 bits per heavy atom. The van der Waals surface area contributed by atoms with Crippen molar-refractivity contribution in [3.05, 3.63) is 17.8 Å². The number of hydrogen-bond donors (Lipinski definition) is 2. The summed E-state index contributed by atoms with van der Waals surface area (Å²) >= 11 is 1.78. The fourth-order valence-corrected chi connectivity index (χ4v) is 1.50. The van der Waals surface area contributed by atoms with E-state index in [-0.39, 0.29) is 5.56 Å². The Bertz CT molecular complexity index is 360. The molecule has 0 aromatic carbocycles. The first-order chi connectivity index (χ1) is 7.65. The van der Waals surface area contributed by atoms with Gasteiger partial charge in [0.15, 0.2) is 5.82 Å². The van der Waals surface area contributed by atoms with Gasteiger partial charge in [-0.25, -0.2) is 4.79 Å². The average molecular weight is 241 g/mol. The van der Waals surface area contributed by atoms with Gasteiger partial charge in [0.05, 0.1) is 6.20 Å². The lowest BCUT2D eigenvalue weighted by Crippen LogP contribution is -2.12. The molecule has 6 heteroatoms. The number of nitrogens with one attached hydrogen (secondary N) is 1. The molecule has 0 radical (unpaired) electrons. The van der Waals surface area contributed by atoms with Crippen molar-refractivity contribution < 1.29 is 9.90 Å². The molecular formula is C10H15N3O2S. The van der Waals surface area contributed by atoms with Crippen LogP contribution in [-0.2, 0) is 0 Å². The van der Waals surface area contributed by atoms with E-state index < -0.39 is 5.97 Å². The average Bonchev–Trinajstić information content (AvgIpc) is 2.29. The van der Waals surface area contributed by atoms with Crippen LogP contribution in [0.25, 0.3) is 0 Å². The van der Waals surface area contributed by atoms with Crippen molar-refractivity contribution in [1.82, 2.24) is 10.2 Å². The zero-order chi connectivity index (χ0) is 12.0. The lowest BCUT2D eigenvalue weighted by molar-refractivity contribution is 0.0697. The first kappa shape index (κ1) is 12.8. The van der Waals surface area contributed by atoms with Gasteiger partial charge >= 0.3 is 5.97 Å². The van der Waals surface area contributed by atoms with Crippen LogP contribution in [0.4, 0.5) is 5.82 Å². The summed E-state index contributed by atoms with van der Waals surface area (Å²) in [6.07, 6.45) is 4.38. The van der Waals surface area contributed by atoms with Gasteiger partial charge in [0.1, 0.15) is 5.56 Å². The van der Waals surface area contributed by atoms with Crippen molar-refractivity contribution in [2.45, 2.75) is 18.6 Å². The molecule has 0 aliphatic heterocycles. The summed E-state index contributed by atoms with van der Waals surface area (Å²) in [5.41, 5.74) is 0.159. The molecule has 0 amide bonds. The van der Waals surface area contributed by atoms with E-state index >= 15 is 0 Å². The topological polar surface area (TPSA) is 75.1 Å². The third-order valence-electron chi connectivity index (χ3n) is 2.20. The number of carboxylic acids is 1. The maximum Gasteiger partial charge on any atom is 0.339 e. The summed E-state index contributed by atoms with van der Waals surface area (Å²) < 4.78 is 0. The van der Waals surface area contributed by atoms with Crippen LogP contribution < -0.4 is 5.32 Å². The molecule has 0 saturated heterocycles. The molecule has 1 heterocycles. The SMILES string of the molecule is CSC(C)CCNc1nnccc1C(=O)O. The van der Waals surface area contributed by atoms with E-state index in [1.54, 1.807) is 11.8 Å². The monoisotopic (exact) mass is 241 g/mol. The van der Waals surface area contributed by atoms with Gasteiger partial charge < -0.3 is 10.4 Å². The minimum Gasteiger partial charge on any atom is -0.478 e. The largest absolute Gasteiger partial charge is 0.478 e. The summed E-state index contributed by atoms with van der Waals surface area (Å²) in [6.45, 7) is 2.82. The predicted molar refractivity (Wildman–Crippen MR) is 65.1 cm³/mol. The number of thioether (sulfide) groups is 1. The van der Waals surface area contributed by atoms with Crippen molar-refractivity contribution in [2.75, 3.05) is 18.1 Å². The fourth-order valence-electron chi connectivity index (χ4n) is 1.15. The van der Waals surface area contributed by atoms with Gasteiger partial charge in [0, 0.05) is 11.8 Å². The minimum absolute atomic E-state index is 0.159. The summed E-state index contributed by atoms with van der Waals surface area (Å²) in [4.78, 5) is 10.9. The molecule has 16 heavy (non-hydrogen) atoms. The summed E-state index contributed by atoms with van der Waals surface area (Å²) in [5, 5.41) is 19.9. The van der Waals surface area contributed by atoms with E-state index in [4.69, 9.17) is 5.11 Å². The molecule has 0 aliphatic rings. The van der Waals surface area contributed by atoms with Crippen LogP contribution in [0.1, 0.15) is 23.7 Å². The normalized spacial score (nSPS) is 12.1. The molecule has 1 unspecified atom stereocenters. The highest BCUT2D eigenvalue weighted by molar-refractivity contribution is 7.99. The fraction of sp³-hybridized carbons (Fsp3) is 0.500. The Balaban J connectivity index is 2.56. The van der Waals surface area contributed by atoms with Crippen molar-refractivity contribution in [2.24, 2.45) is 0 Å². The van der Waals surface area contributed by atoms with E-state index in [0.717, 1.165) is 6.42 Å². The quantitative estimate of drug-likeness (QED) is 0.790. The summed E-state index contributed by atoms with van der Waals surface area (Å²) in [5.74, 6) is -0.654. The van der Waals surface area contributed by atoms with Crippen molar-refractivity contribution in [3.63, 3.8) is 0 Å². The highest BCUT2D eigenvalue weighted by Crippen LogP contribution is 2.12. The number of carboxylic acid groups (broad SMARTS) is 1. The number of aromatic carboxylic acids is 1. The van der Waals surface area contributed by atoms with Gasteiger partial charge in [-0.2, -0.15) is 16.9 Å². The van der Waals surface area contributed by atoms with Crippen molar-refractivity contribution in [1.29, 1.82) is 0 Å². The molecule has 0 saturated carbocycles. The van der Waals surface area contributed by atoms with Crippen LogP contribution in [0.2, 0.25) is 0 Å². The van der Waals surface area contributed by atoms with E-state index in [9.17, 15) is 4.79 Å². The van der Waals surface area contributed by atoms with Gasteiger partial charge in [-0.3, -0.25) is 0 Å². The smallest absolute Gasteiger partial charge is 0.339 e. The second kappa shape index (κ2) is 6.32.